The maximum atomic E-state index is 5.86. The zero-order valence-electron chi connectivity index (χ0n) is 14.7. The van der Waals surface area contributed by atoms with Gasteiger partial charge in [-0.1, -0.05) is 23.9 Å². The summed E-state index contributed by atoms with van der Waals surface area (Å²) in [6.45, 7) is 2.18. The van der Waals surface area contributed by atoms with Gasteiger partial charge in [0.25, 0.3) is 0 Å². The number of ether oxygens (including phenoxy) is 2. The number of rotatable bonds is 10. The van der Waals surface area contributed by atoms with Crippen LogP contribution in [0.25, 0.3) is 0 Å². The number of aromatic nitrogens is 4. The van der Waals surface area contributed by atoms with Gasteiger partial charge in [-0.05, 0) is 39.6 Å². The first-order valence-electron chi connectivity index (χ1n) is 8.14. The van der Waals surface area contributed by atoms with Crippen LogP contribution in [0.5, 0.6) is 11.5 Å². The van der Waals surface area contributed by atoms with Crippen LogP contribution in [0.4, 0.5) is 0 Å². The topological polar surface area (TPSA) is 74.1 Å². The van der Waals surface area contributed by atoms with Crippen molar-refractivity contribution in [3.05, 3.63) is 46.2 Å². The summed E-state index contributed by atoms with van der Waals surface area (Å²) in [5.41, 5.74) is 1.15. The molecule has 0 amide bonds. The lowest BCUT2D eigenvalue weighted by atomic mass is 10.2. The summed E-state index contributed by atoms with van der Waals surface area (Å²) in [5, 5.41) is 17.7. The first-order chi connectivity index (χ1) is 12.8. The second kappa shape index (κ2) is 9.56. The Labute approximate surface area is 160 Å². The molecule has 0 saturated heterocycles. The van der Waals surface area contributed by atoms with Gasteiger partial charge in [0.15, 0.2) is 11.5 Å². The lowest BCUT2D eigenvalue weighted by molar-refractivity contribution is 0.287. The van der Waals surface area contributed by atoms with Gasteiger partial charge in [0.05, 0.1) is 7.11 Å². The van der Waals surface area contributed by atoms with E-state index in [1.54, 1.807) is 34.9 Å². The quantitative estimate of drug-likeness (QED) is 0.421. The zero-order valence-corrected chi connectivity index (χ0v) is 16.3. The van der Waals surface area contributed by atoms with Gasteiger partial charge in [0.1, 0.15) is 6.61 Å². The number of aryl methyl sites for hydroxylation is 1. The number of thioether (sulfide) groups is 1. The summed E-state index contributed by atoms with van der Waals surface area (Å²) in [6.07, 6.45) is 0. The van der Waals surface area contributed by atoms with Crippen molar-refractivity contribution < 1.29 is 9.47 Å². The van der Waals surface area contributed by atoms with Crippen LogP contribution >= 0.6 is 23.1 Å². The third kappa shape index (κ3) is 5.20. The van der Waals surface area contributed by atoms with Crippen molar-refractivity contribution in [3.8, 4) is 11.5 Å². The van der Waals surface area contributed by atoms with E-state index in [0.29, 0.717) is 6.61 Å². The summed E-state index contributed by atoms with van der Waals surface area (Å²) in [6, 6.07) is 10.1. The molecule has 0 aliphatic carbocycles. The number of hydrogen-bond acceptors (Lipinski definition) is 8. The van der Waals surface area contributed by atoms with E-state index >= 15 is 0 Å². The summed E-state index contributed by atoms with van der Waals surface area (Å²) in [7, 11) is 3.50. The van der Waals surface area contributed by atoms with E-state index in [4.69, 9.17) is 9.47 Å². The Morgan fingerprint density at radius 2 is 2.19 bits per heavy atom. The molecule has 0 bridgehead atoms. The molecule has 2 aromatic heterocycles. The molecular weight excluding hydrogens is 370 g/mol. The molecule has 9 heteroatoms. The molecule has 3 rings (SSSR count). The SMILES string of the molecule is COc1cc(CNCCSc2nnnn2C)ccc1OCc1cccs1. The molecule has 0 unspecified atom stereocenters. The minimum Gasteiger partial charge on any atom is -0.493 e. The number of tetrazole rings is 1. The molecule has 0 fully saturated rings. The molecule has 0 radical (unpaired) electrons. The first-order valence-corrected chi connectivity index (χ1v) is 10.0. The molecule has 2 heterocycles. The smallest absolute Gasteiger partial charge is 0.209 e. The van der Waals surface area contributed by atoms with E-state index < -0.39 is 0 Å². The van der Waals surface area contributed by atoms with Crippen LogP contribution in [-0.4, -0.2) is 39.6 Å². The van der Waals surface area contributed by atoms with E-state index in [0.717, 1.165) is 41.1 Å². The summed E-state index contributed by atoms with van der Waals surface area (Å²) < 4.78 is 13.0. The number of hydrogen-bond donors (Lipinski definition) is 1. The Hall–Kier alpha value is -2.10. The molecule has 0 aliphatic heterocycles. The highest BCUT2D eigenvalue weighted by Gasteiger charge is 2.07. The van der Waals surface area contributed by atoms with Gasteiger partial charge >= 0.3 is 0 Å². The predicted octanol–water partition coefficient (Wildman–Crippen LogP) is 2.74. The Balaban J connectivity index is 1.45. The van der Waals surface area contributed by atoms with Crippen molar-refractivity contribution in [2.75, 3.05) is 19.4 Å². The van der Waals surface area contributed by atoms with Crippen molar-refractivity contribution >= 4 is 23.1 Å². The van der Waals surface area contributed by atoms with Gasteiger partial charge in [-0.2, -0.15) is 0 Å². The fraction of sp³-hybridized carbons (Fsp3) is 0.353. The molecule has 138 valence electrons. The van der Waals surface area contributed by atoms with Crippen molar-refractivity contribution in [2.45, 2.75) is 18.3 Å². The highest BCUT2D eigenvalue weighted by Crippen LogP contribution is 2.29. The van der Waals surface area contributed by atoms with E-state index in [2.05, 4.69) is 33.0 Å². The van der Waals surface area contributed by atoms with Crippen LogP contribution in [-0.2, 0) is 20.2 Å². The average Bonchev–Trinajstić information content (AvgIpc) is 3.32. The number of nitrogens with one attached hydrogen (secondary N) is 1. The fourth-order valence-electron chi connectivity index (χ4n) is 2.28. The lowest BCUT2D eigenvalue weighted by Gasteiger charge is -2.12. The third-order valence-electron chi connectivity index (χ3n) is 3.60. The van der Waals surface area contributed by atoms with E-state index in [9.17, 15) is 0 Å². The maximum Gasteiger partial charge on any atom is 0.209 e. The molecular formula is C17H21N5O2S2. The highest BCUT2D eigenvalue weighted by molar-refractivity contribution is 7.99. The summed E-state index contributed by atoms with van der Waals surface area (Å²) >= 11 is 3.31. The van der Waals surface area contributed by atoms with Crippen LogP contribution in [0, 0.1) is 0 Å². The molecule has 0 atom stereocenters. The molecule has 0 spiro atoms. The second-order valence-electron chi connectivity index (χ2n) is 5.46. The average molecular weight is 392 g/mol. The van der Waals surface area contributed by atoms with Gasteiger partial charge in [-0.15, -0.1) is 16.4 Å². The van der Waals surface area contributed by atoms with Gasteiger partial charge < -0.3 is 14.8 Å². The molecule has 3 aromatic rings. The van der Waals surface area contributed by atoms with E-state index in [1.165, 1.54) is 4.88 Å². The Morgan fingerprint density at radius 3 is 2.92 bits per heavy atom. The monoisotopic (exact) mass is 391 g/mol. The molecule has 26 heavy (non-hydrogen) atoms. The molecule has 7 nitrogen and oxygen atoms in total. The largest absolute Gasteiger partial charge is 0.493 e. The van der Waals surface area contributed by atoms with Crippen LogP contribution in [0.3, 0.4) is 0 Å². The van der Waals surface area contributed by atoms with Gasteiger partial charge in [-0.25, -0.2) is 4.68 Å². The molecule has 0 saturated carbocycles. The highest BCUT2D eigenvalue weighted by atomic mass is 32.2. The fourth-order valence-corrected chi connectivity index (χ4v) is 3.64. The minimum atomic E-state index is 0.555. The van der Waals surface area contributed by atoms with Gasteiger partial charge in [0, 0.05) is 30.8 Å². The minimum absolute atomic E-state index is 0.555. The summed E-state index contributed by atoms with van der Waals surface area (Å²) in [4.78, 5) is 1.19. The number of benzene rings is 1. The van der Waals surface area contributed by atoms with Crippen LogP contribution < -0.4 is 14.8 Å². The van der Waals surface area contributed by atoms with Crippen molar-refractivity contribution in [1.82, 2.24) is 25.5 Å². The predicted molar refractivity (Wildman–Crippen MR) is 103 cm³/mol. The van der Waals surface area contributed by atoms with E-state index in [1.807, 2.05) is 30.6 Å². The van der Waals surface area contributed by atoms with Crippen LogP contribution in [0.2, 0.25) is 0 Å². The standard InChI is InChI=1S/C17H21N5O2S2/c1-22-17(19-20-21-22)26-9-7-18-11-13-5-6-15(16(10-13)23-2)24-12-14-4-3-8-25-14/h3-6,8,10,18H,7,9,11-12H2,1-2H3. The van der Waals surface area contributed by atoms with Crippen LogP contribution in [0.15, 0.2) is 40.9 Å². The maximum absolute atomic E-state index is 5.86. The molecule has 1 aromatic carbocycles. The molecule has 0 aliphatic rings. The van der Waals surface area contributed by atoms with E-state index in [-0.39, 0.29) is 0 Å². The Bertz CT molecular complexity index is 807. The first kappa shape index (κ1) is 18.7. The van der Waals surface area contributed by atoms with Gasteiger partial charge in [0.2, 0.25) is 5.16 Å². The number of methoxy groups -OCH3 is 1. The number of thiophene rings is 1. The zero-order chi connectivity index (χ0) is 18.2. The molecule has 1 N–H and O–H groups in total. The summed E-state index contributed by atoms with van der Waals surface area (Å²) in [5.74, 6) is 2.41. The van der Waals surface area contributed by atoms with Gasteiger partial charge in [-0.3, -0.25) is 0 Å². The van der Waals surface area contributed by atoms with Crippen molar-refractivity contribution in [3.63, 3.8) is 0 Å². The lowest BCUT2D eigenvalue weighted by Crippen LogP contribution is -2.16. The Morgan fingerprint density at radius 1 is 1.27 bits per heavy atom. The number of nitrogens with zero attached hydrogens (tertiary/aromatic N) is 4. The normalized spacial score (nSPS) is 10.8. The van der Waals surface area contributed by atoms with Crippen LogP contribution in [0.1, 0.15) is 10.4 Å². The van der Waals surface area contributed by atoms with Crippen molar-refractivity contribution in [2.24, 2.45) is 7.05 Å². The van der Waals surface area contributed by atoms with Crippen molar-refractivity contribution in [1.29, 1.82) is 0 Å². The Kier molecular flexibility index (Phi) is 6.87. The third-order valence-corrected chi connectivity index (χ3v) is 5.46. The second-order valence-corrected chi connectivity index (χ2v) is 7.56.